The van der Waals surface area contributed by atoms with Crippen LogP contribution in [-0.2, 0) is 4.74 Å². The van der Waals surface area contributed by atoms with Crippen LogP contribution in [0.1, 0.15) is 0 Å². The maximum absolute atomic E-state index is 9.40. The van der Waals surface area contributed by atoms with Crippen molar-refractivity contribution in [2.75, 3.05) is 20.3 Å². The molecule has 0 fully saturated rings. The van der Waals surface area contributed by atoms with E-state index in [-0.39, 0.29) is 25.5 Å². The van der Waals surface area contributed by atoms with E-state index in [9.17, 15) is 5.11 Å². The fourth-order valence-electron chi connectivity index (χ4n) is 0.0833. The molecule has 0 aliphatic heterocycles. The quantitative estimate of drug-likeness (QED) is 0.318. The molecule has 0 radical (unpaired) electrons. The van der Waals surface area contributed by atoms with Crippen LogP contribution in [-0.4, -0.2) is 20.3 Å². The van der Waals surface area contributed by atoms with E-state index >= 15 is 0 Å². The van der Waals surface area contributed by atoms with Gasteiger partial charge in [0.25, 0.3) is 0 Å². The van der Waals surface area contributed by atoms with Gasteiger partial charge in [-0.25, -0.2) is 0 Å². The van der Waals surface area contributed by atoms with Gasteiger partial charge in [0.05, 0.1) is 0 Å². The molecule has 6 heavy (non-hydrogen) atoms. The smallest absolute Gasteiger partial charge is 0.853 e. The van der Waals surface area contributed by atoms with Crippen LogP contribution in [0.4, 0.5) is 0 Å². The molecule has 2 nitrogen and oxygen atoms in total. The molecular weight excluding hydrogens is 75.0 g/mol. The Kier molecular flexibility index (Phi) is 14.7. The van der Waals surface area contributed by atoms with Crippen molar-refractivity contribution in [1.82, 2.24) is 0 Å². The molecule has 0 saturated heterocycles. The van der Waals surface area contributed by atoms with Crippen LogP contribution in [0.2, 0.25) is 0 Å². The summed E-state index contributed by atoms with van der Waals surface area (Å²) in [7, 11) is 1.51. The van der Waals surface area contributed by atoms with Gasteiger partial charge >= 0.3 is 18.9 Å². The summed E-state index contributed by atoms with van der Waals surface area (Å²) in [4.78, 5) is 0. The standard InChI is InChI=1S/C3H7O2.Li/c1-5-3-2-4;/h2-3H2,1H3;/q-1;+1. The second-order valence-electron chi connectivity index (χ2n) is 0.697. The van der Waals surface area contributed by atoms with Crippen LogP contribution >= 0.6 is 0 Å². The first-order chi connectivity index (χ1) is 2.41. The van der Waals surface area contributed by atoms with Gasteiger partial charge in [-0.1, -0.05) is 0 Å². The zero-order valence-electron chi connectivity index (χ0n) is 4.23. The molecule has 0 spiro atoms. The van der Waals surface area contributed by atoms with E-state index < -0.39 is 0 Å². The van der Waals surface area contributed by atoms with Crippen molar-refractivity contribution in [2.45, 2.75) is 0 Å². The Morgan fingerprint density at radius 1 is 1.67 bits per heavy atom. The molecule has 0 heterocycles. The van der Waals surface area contributed by atoms with E-state index in [1.807, 2.05) is 0 Å². The van der Waals surface area contributed by atoms with Gasteiger partial charge in [0.2, 0.25) is 0 Å². The minimum atomic E-state index is -0.128. The summed E-state index contributed by atoms with van der Waals surface area (Å²) in [6.07, 6.45) is 0. The second kappa shape index (κ2) is 9.10. The predicted molar refractivity (Wildman–Crippen MR) is 16.7 cm³/mol. The van der Waals surface area contributed by atoms with E-state index in [1.165, 1.54) is 7.11 Å². The first-order valence-electron chi connectivity index (χ1n) is 1.49. The van der Waals surface area contributed by atoms with Gasteiger partial charge < -0.3 is 9.84 Å². The van der Waals surface area contributed by atoms with Gasteiger partial charge in [-0.2, -0.15) is 0 Å². The zero-order valence-corrected chi connectivity index (χ0v) is 4.23. The Labute approximate surface area is 49.7 Å². The molecule has 32 valence electrons. The molecule has 0 unspecified atom stereocenters. The third-order valence-electron chi connectivity index (χ3n) is 0.287. The number of hydrogen-bond donors (Lipinski definition) is 0. The van der Waals surface area contributed by atoms with Gasteiger partial charge in [-0.05, 0) is 0 Å². The minimum absolute atomic E-state index is 0. The molecule has 0 bridgehead atoms. The molecule has 0 rings (SSSR count). The van der Waals surface area contributed by atoms with Crippen molar-refractivity contribution >= 4 is 0 Å². The third kappa shape index (κ3) is 8.82. The Bertz CT molecular complexity index is 16.3. The predicted octanol–water partition coefficient (Wildman–Crippen LogP) is -4.00. The number of hydrogen-bond acceptors (Lipinski definition) is 2. The fourth-order valence-corrected chi connectivity index (χ4v) is 0.0833. The maximum atomic E-state index is 9.40. The summed E-state index contributed by atoms with van der Waals surface area (Å²) >= 11 is 0. The summed E-state index contributed by atoms with van der Waals surface area (Å²) in [6.45, 7) is 0.205. The summed E-state index contributed by atoms with van der Waals surface area (Å²) in [5, 5.41) is 9.40. The minimum Gasteiger partial charge on any atom is -0.853 e. The van der Waals surface area contributed by atoms with Gasteiger partial charge in [-0.3, -0.25) is 0 Å². The van der Waals surface area contributed by atoms with Gasteiger partial charge in [0.1, 0.15) is 0 Å². The number of ether oxygens (including phenoxy) is 1. The molecule has 0 aromatic heterocycles. The van der Waals surface area contributed by atoms with Crippen LogP contribution in [0.5, 0.6) is 0 Å². The normalized spacial score (nSPS) is 7.00. The molecule has 0 aliphatic carbocycles. The molecular formula is C3H7LiO2. The van der Waals surface area contributed by atoms with Crippen molar-refractivity contribution < 1.29 is 28.7 Å². The topological polar surface area (TPSA) is 32.3 Å². The number of rotatable bonds is 2. The second-order valence-corrected chi connectivity index (χ2v) is 0.697. The molecule has 0 amide bonds. The van der Waals surface area contributed by atoms with E-state index in [1.54, 1.807) is 0 Å². The molecule has 3 heteroatoms. The monoisotopic (exact) mass is 82.1 g/mol. The summed E-state index contributed by atoms with van der Waals surface area (Å²) in [5.74, 6) is 0. The van der Waals surface area contributed by atoms with E-state index in [0.717, 1.165) is 0 Å². The van der Waals surface area contributed by atoms with Crippen LogP contribution < -0.4 is 24.0 Å². The van der Waals surface area contributed by atoms with Crippen LogP contribution in [0.25, 0.3) is 0 Å². The van der Waals surface area contributed by atoms with Gasteiger partial charge in [-0.15, -0.1) is 6.61 Å². The van der Waals surface area contributed by atoms with E-state index in [0.29, 0.717) is 6.61 Å². The van der Waals surface area contributed by atoms with Crippen molar-refractivity contribution in [3.63, 3.8) is 0 Å². The average Bonchev–Trinajstić information content (AvgIpc) is 1.41. The summed E-state index contributed by atoms with van der Waals surface area (Å²) in [6, 6.07) is 0. The van der Waals surface area contributed by atoms with E-state index in [2.05, 4.69) is 4.74 Å². The van der Waals surface area contributed by atoms with E-state index in [4.69, 9.17) is 0 Å². The Hall–Kier alpha value is 0.517. The van der Waals surface area contributed by atoms with Crippen LogP contribution in [0, 0.1) is 0 Å². The molecule has 0 aliphatic rings. The zero-order chi connectivity index (χ0) is 4.12. The van der Waals surface area contributed by atoms with Gasteiger partial charge in [0.15, 0.2) is 0 Å². The van der Waals surface area contributed by atoms with Crippen molar-refractivity contribution in [2.24, 2.45) is 0 Å². The maximum Gasteiger partial charge on any atom is 1.00 e. The summed E-state index contributed by atoms with van der Waals surface area (Å²) < 4.78 is 4.38. The Balaban J connectivity index is 0. The third-order valence-corrected chi connectivity index (χ3v) is 0.287. The summed E-state index contributed by atoms with van der Waals surface area (Å²) in [5.41, 5.74) is 0. The van der Waals surface area contributed by atoms with Crippen molar-refractivity contribution in [3.05, 3.63) is 0 Å². The first-order valence-corrected chi connectivity index (χ1v) is 1.49. The molecule has 0 N–H and O–H groups in total. The molecule has 0 aromatic rings. The Morgan fingerprint density at radius 3 is 2.17 bits per heavy atom. The van der Waals surface area contributed by atoms with Gasteiger partial charge in [0, 0.05) is 13.7 Å². The van der Waals surface area contributed by atoms with Crippen molar-refractivity contribution in [1.29, 1.82) is 0 Å². The average molecular weight is 82.0 g/mol. The SMILES string of the molecule is COCC[O-].[Li+]. The molecule has 0 aromatic carbocycles. The fraction of sp³-hybridized carbons (Fsp3) is 1.00. The molecule has 0 atom stereocenters. The number of methoxy groups -OCH3 is 1. The largest absolute Gasteiger partial charge is 1.00 e. The Morgan fingerprint density at radius 2 is 2.17 bits per heavy atom. The van der Waals surface area contributed by atoms with Crippen LogP contribution in [0.15, 0.2) is 0 Å². The molecule has 0 saturated carbocycles. The van der Waals surface area contributed by atoms with Crippen molar-refractivity contribution in [3.8, 4) is 0 Å². The van der Waals surface area contributed by atoms with Crippen LogP contribution in [0.3, 0.4) is 0 Å². The first kappa shape index (κ1) is 9.72.